The van der Waals surface area contributed by atoms with Crippen molar-refractivity contribution < 1.29 is 19.1 Å². The first-order valence-corrected chi connectivity index (χ1v) is 9.58. The molecule has 2 heterocycles. The van der Waals surface area contributed by atoms with Crippen LogP contribution in [0.1, 0.15) is 17.3 Å². The van der Waals surface area contributed by atoms with Gasteiger partial charge in [0, 0.05) is 44.9 Å². The first-order chi connectivity index (χ1) is 14.1. The molecule has 8 nitrogen and oxygen atoms in total. The van der Waals surface area contributed by atoms with E-state index in [2.05, 4.69) is 15.2 Å². The van der Waals surface area contributed by atoms with Gasteiger partial charge in [-0.2, -0.15) is 0 Å². The fourth-order valence-electron chi connectivity index (χ4n) is 3.09. The van der Waals surface area contributed by atoms with Gasteiger partial charge in [-0.25, -0.2) is 4.98 Å². The lowest BCUT2D eigenvalue weighted by Crippen LogP contribution is -2.48. The Balaban J connectivity index is 1.47. The van der Waals surface area contributed by atoms with Gasteiger partial charge in [0.1, 0.15) is 23.9 Å². The Morgan fingerprint density at radius 3 is 2.41 bits per heavy atom. The minimum atomic E-state index is -0.172. The predicted octanol–water partition coefficient (Wildman–Crippen LogP) is 1.57. The highest BCUT2D eigenvalue weighted by Gasteiger charge is 2.20. The minimum Gasteiger partial charge on any atom is -0.497 e. The highest BCUT2D eigenvalue weighted by Crippen LogP contribution is 2.17. The van der Waals surface area contributed by atoms with E-state index in [1.807, 2.05) is 29.2 Å². The van der Waals surface area contributed by atoms with Gasteiger partial charge in [0.2, 0.25) is 5.91 Å². The molecule has 1 saturated heterocycles. The maximum absolute atomic E-state index is 12.4. The maximum Gasteiger partial charge on any atom is 0.251 e. The van der Waals surface area contributed by atoms with E-state index in [1.165, 1.54) is 0 Å². The molecule has 0 radical (unpaired) electrons. The summed E-state index contributed by atoms with van der Waals surface area (Å²) in [6.45, 7) is 5.06. The molecule has 0 unspecified atom stereocenters. The number of rotatable bonds is 7. The van der Waals surface area contributed by atoms with Gasteiger partial charge in [-0.1, -0.05) is 0 Å². The average molecular weight is 398 g/mol. The molecule has 154 valence electrons. The zero-order valence-corrected chi connectivity index (χ0v) is 16.8. The number of anilines is 1. The van der Waals surface area contributed by atoms with Crippen LogP contribution in [0.25, 0.3) is 0 Å². The van der Waals surface area contributed by atoms with E-state index in [1.54, 1.807) is 32.4 Å². The third-order valence-electron chi connectivity index (χ3n) is 4.77. The summed E-state index contributed by atoms with van der Waals surface area (Å²) >= 11 is 0. The zero-order chi connectivity index (χ0) is 20.6. The van der Waals surface area contributed by atoms with Crippen LogP contribution in [0.2, 0.25) is 0 Å². The van der Waals surface area contributed by atoms with E-state index in [0.717, 1.165) is 17.3 Å². The van der Waals surface area contributed by atoms with Crippen LogP contribution < -0.4 is 19.7 Å². The fourth-order valence-corrected chi connectivity index (χ4v) is 3.09. The molecular formula is C21H26N4O4. The van der Waals surface area contributed by atoms with Crippen LogP contribution in [0, 0.1) is 0 Å². The van der Waals surface area contributed by atoms with Crippen LogP contribution >= 0.6 is 0 Å². The summed E-state index contributed by atoms with van der Waals surface area (Å²) in [5.74, 6) is 2.14. The molecule has 2 aromatic rings. The third-order valence-corrected chi connectivity index (χ3v) is 4.77. The fraction of sp³-hybridized carbons (Fsp3) is 0.381. The number of carbonyl (C=O) groups is 2. The average Bonchev–Trinajstić information content (AvgIpc) is 2.77. The van der Waals surface area contributed by atoms with E-state index >= 15 is 0 Å². The van der Waals surface area contributed by atoms with Crippen molar-refractivity contribution in [2.24, 2.45) is 0 Å². The molecular weight excluding hydrogens is 372 g/mol. The lowest BCUT2D eigenvalue weighted by atomic mass is 10.2. The van der Waals surface area contributed by atoms with Crippen molar-refractivity contribution >= 4 is 17.6 Å². The van der Waals surface area contributed by atoms with Crippen LogP contribution in [0.3, 0.4) is 0 Å². The van der Waals surface area contributed by atoms with Crippen molar-refractivity contribution in [1.82, 2.24) is 15.2 Å². The van der Waals surface area contributed by atoms with E-state index < -0.39 is 0 Å². The van der Waals surface area contributed by atoms with Crippen LogP contribution in [0.5, 0.6) is 11.5 Å². The van der Waals surface area contributed by atoms with Gasteiger partial charge < -0.3 is 24.6 Å². The van der Waals surface area contributed by atoms with Gasteiger partial charge in [0.25, 0.3) is 5.91 Å². The highest BCUT2D eigenvalue weighted by atomic mass is 16.5. The maximum atomic E-state index is 12.4. The van der Waals surface area contributed by atoms with E-state index in [4.69, 9.17) is 9.47 Å². The summed E-state index contributed by atoms with van der Waals surface area (Å²) in [4.78, 5) is 32.2. The Kier molecular flexibility index (Phi) is 6.89. The molecule has 0 aliphatic carbocycles. The van der Waals surface area contributed by atoms with E-state index in [0.29, 0.717) is 44.9 Å². The highest BCUT2D eigenvalue weighted by molar-refractivity contribution is 5.94. The van der Waals surface area contributed by atoms with Crippen molar-refractivity contribution in [1.29, 1.82) is 0 Å². The second-order valence-electron chi connectivity index (χ2n) is 6.68. The van der Waals surface area contributed by atoms with E-state index in [-0.39, 0.29) is 11.8 Å². The number of piperazine rings is 1. The molecule has 1 aromatic heterocycles. The molecule has 0 bridgehead atoms. The lowest BCUT2D eigenvalue weighted by Gasteiger charge is -2.35. The minimum absolute atomic E-state index is 0.0857. The van der Waals surface area contributed by atoms with Gasteiger partial charge in [-0.3, -0.25) is 9.59 Å². The monoisotopic (exact) mass is 398 g/mol. The number of pyridine rings is 1. The van der Waals surface area contributed by atoms with Crippen molar-refractivity contribution in [3.63, 3.8) is 0 Å². The predicted molar refractivity (Wildman–Crippen MR) is 110 cm³/mol. The van der Waals surface area contributed by atoms with Gasteiger partial charge >= 0.3 is 0 Å². The van der Waals surface area contributed by atoms with Gasteiger partial charge in [0.05, 0.1) is 13.7 Å². The molecule has 1 N–H and O–H groups in total. The SMILES string of the molecule is COc1ccc(OCCNC(=O)c2ccnc(N3CCN(C(C)=O)CC3)c2)cc1. The first kappa shape index (κ1) is 20.4. The van der Waals surface area contributed by atoms with Gasteiger partial charge in [0.15, 0.2) is 0 Å². The third kappa shape index (κ3) is 5.60. The number of methoxy groups -OCH3 is 1. The number of nitrogens with one attached hydrogen (secondary N) is 1. The molecule has 1 fully saturated rings. The molecule has 1 aromatic carbocycles. The molecule has 3 rings (SSSR count). The molecule has 29 heavy (non-hydrogen) atoms. The standard InChI is InChI=1S/C21H26N4O4/c1-16(26)24-10-12-25(13-11-24)20-15-17(7-8-22-20)21(27)23-9-14-29-19-5-3-18(28-2)4-6-19/h3-8,15H,9-14H2,1-2H3,(H,23,27). The summed E-state index contributed by atoms with van der Waals surface area (Å²) < 4.78 is 10.7. The van der Waals surface area contributed by atoms with Crippen LogP contribution in [0.4, 0.5) is 5.82 Å². The number of amides is 2. The van der Waals surface area contributed by atoms with Crippen molar-refractivity contribution in [2.45, 2.75) is 6.92 Å². The summed E-state index contributed by atoms with van der Waals surface area (Å²) in [5, 5.41) is 2.86. The number of hydrogen-bond acceptors (Lipinski definition) is 6. The Morgan fingerprint density at radius 2 is 1.76 bits per heavy atom. The smallest absolute Gasteiger partial charge is 0.251 e. The van der Waals surface area contributed by atoms with Crippen molar-refractivity contribution in [3.05, 3.63) is 48.2 Å². The van der Waals surface area contributed by atoms with E-state index in [9.17, 15) is 9.59 Å². The molecule has 1 aliphatic rings. The molecule has 0 saturated carbocycles. The summed E-state index contributed by atoms with van der Waals surface area (Å²) in [6, 6.07) is 10.8. The summed E-state index contributed by atoms with van der Waals surface area (Å²) in [7, 11) is 1.61. The number of nitrogens with zero attached hydrogens (tertiary/aromatic N) is 3. The Bertz CT molecular complexity index is 833. The van der Waals surface area contributed by atoms with Gasteiger partial charge in [-0.05, 0) is 36.4 Å². The first-order valence-electron chi connectivity index (χ1n) is 9.58. The Labute approximate surface area is 170 Å². The number of hydrogen-bond donors (Lipinski definition) is 1. The largest absolute Gasteiger partial charge is 0.497 e. The van der Waals surface area contributed by atoms with Crippen LogP contribution in [0.15, 0.2) is 42.6 Å². The van der Waals surface area contributed by atoms with Crippen molar-refractivity contribution in [2.75, 3.05) is 51.3 Å². The molecule has 0 atom stereocenters. The van der Waals surface area contributed by atoms with Gasteiger partial charge in [-0.15, -0.1) is 0 Å². The number of carbonyl (C=O) groups excluding carboxylic acids is 2. The van der Waals surface area contributed by atoms with Crippen molar-refractivity contribution in [3.8, 4) is 11.5 Å². The number of aromatic nitrogens is 1. The Hall–Kier alpha value is -3.29. The topological polar surface area (TPSA) is 84.0 Å². The lowest BCUT2D eigenvalue weighted by molar-refractivity contribution is -0.129. The van der Waals surface area contributed by atoms with Crippen LogP contribution in [-0.2, 0) is 4.79 Å². The number of ether oxygens (including phenoxy) is 2. The normalized spacial score (nSPS) is 13.7. The zero-order valence-electron chi connectivity index (χ0n) is 16.8. The molecule has 1 aliphatic heterocycles. The Morgan fingerprint density at radius 1 is 1.07 bits per heavy atom. The summed E-state index contributed by atoms with van der Waals surface area (Å²) in [6.07, 6.45) is 1.63. The quantitative estimate of drug-likeness (QED) is 0.713. The molecule has 0 spiro atoms. The second-order valence-corrected chi connectivity index (χ2v) is 6.68. The van der Waals surface area contributed by atoms with Crippen LogP contribution in [-0.4, -0.2) is 68.1 Å². The number of benzene rings is 1. The molecule has 2 amide bonds. The second kappa shape index (κ2) is 9.77. The summed E-state index contributed by atoms with van der Waals surface area (Å²) in [5.41, 5.74) is 0.549. The molecule has 8 heteroatoms.